The number of carbonyl (C=O) groups is 1. The van der Waals surface area contributed by atoms with Crippen molar-refractivity contribution in [3.8, 4) is 0 Å². The molecule has 0 atom stereocenters. The summed E-state index contributed by atoms with van der Waals surface area (Å²) in [6.45, 7) is 4.94. The number of carbonyl (C=O) groups excluding carboxylic acids is 1. The van der Waals surface area contributed by atoms with E-state index in [1.165, 1.54) is 0 Å². The SMILES string of the molecule is Cc1ccc(C(=O)C(=[Se])N2CCOCC2)cc1. The molecule has 1 aliphatic rings. The second-order valence-corrected chi connectivity index (χ2v) is 4.91. The normalized spacial score (nSPS) is 15.7. The maximum atomic E-state index is 12.2. The molecular weight excluding hydrogens is 281 g/mol. The molecule has 1 aromatic rings. The summed E-state index contributed by atoms with van der Waals surface area (Å²) in [5.41, 5.74) is 1.89. The van der Waals surface area contributed by atoms with Gasteiger partial charge in [-0.2, -0.15) is 0 Å². The fourth-order valence-electron chi connectivity index (χ4n) is 1.74. The third kappa shape index (κ3) is 3.03. The molecule has 0 N–H and O–H groups in total. The Morgan fingerprint density at radius 3 is 2.41 bits per heavy atom. The van der Waals surface area contributed by atoms with Crippen molar-refractivity contribution in [2.24, 2.45) is 0 Å². The van der Waals surface area contributed by atoms with E-state index in [9.17, 15) is 4.79 Å². The fourth-order valence-corrected chi connectivity index (χ4v) is 2.37. The molecule has 0 radical (unpaired) electrons. The third-order valence-corrected chi connectivity index (χ3v) is 3.74. The number of aryl methyl sites for hydroxylation is 1. The first-order valence-corrected chi connectivity index (χ1v) is 6.52. The Bertz CT molecular complexity index is 422. The molecule has 0 saturated carbocycles. The molecule has 90 valence electrons. The maximum absolute atomic E-state index is 12.2. The van der Waals surface area contributed by atoms with Crippen molar-refractivity contribution in [2.45, 2.75) is 6.92 Å². The fraction of sp³-hybridized carbons (Fsp3) is 0.385. The minimum absolute atomic E-state index is 0.0619. The molecule has 4 heteroatoms. The zero-order valence-electron chi connectivity index (χ0n) is 9.81. The first kappa shape index (κ1) is 12.5. The Labute approximate surface area is 109 Å². The van der Waals surface area contributed by atoms with Crippen LogP contribution in [0.25, 0.3) is 0 Å². The number of ketones is 1. The number of ether oxygens (including phenoxy) is 1. The zero-order chi connectivity index (χ0) is 12.3. The van der Waals surface area contributed by atoms with Crippen LogP contribution in [-0.4, -0.2) is 57.1 Å². The van der Waals surface area contributed by atoms with Gasteiger partial charge in [0, 0.05) is 0 Å². The molecule has 17 heavy (non-hydrogen) atoms. The second-order valence-electron chi connectivity index (χ2n) is 4.10. The summed E-state index contributed by atoms with van der Waals surface area (Å²) >= 11 is 2.90. The zero-order valence-corrected chi connectivity index (χ0v) is 11.5. The average molecular weight is 296 g/mol. The third-order valence-electron chi connectivity index (χ3n) is 2.81. The van der Waals surface area contributed by atoms with Gasteiger partial charge in [-0.05, 0) is 0 Å². The Morgan fingerprint density at radius 2 is 1.82 bits per heavy atom. The molecule has 1 aromatic carbocycles. The van der Waals surface area contributed by atoms with Gasteiger partial charge in [0.1, 0.15) is 0 Å². The summed E-state index contributed by atoms with van der Waals surface area (Å²) in [5, 5.41) is 0. The summed E-state index contributed by atoms with van der Waals surface area (Å²) in [6.07, 6.45) is 0. The van der Waals surface area contributed by atoms with Crippen molar-refractivity contribution in [2.75, 3.05) is 26.3 Å². The van der Waals surface area contributed by atoms with Gasteiger partial charge in [0.05, 0.1) is 0 Å². The van der Waals surface area contributed by atoms with Gasteiger partial charge in [-0.25, -0.2) is 0 Å². The summed E-state index contributed by atoms with van der Waals surface area (Å²) < 4.78 is 5.96. The van der Waals surface area contributed by atoms with Crippen LogP contribution in [0.3, 0.4) is 0 Å². The average Bonchev–Trinajstić information content (AvgIpc) is 2.39. The van der Waals surface area contributed by atoms with E-state index in [1.54, 1.807) is 0 Å². The predicted molar refractivity (Wildman–Crippen MR) is 68.7 cm³/mol. The van der Waals surface area contributed by atoms with Gasteiger partial charge < -0.3 is 0 Å². The van der Waals surface area contributed by atoms with Gasteiger partial charge >= 0.3 is 109 Å². The van der Waals surface area contributed by atoms with Crippen molar-refractivity contribution in [3.63, 3.8) is 0 Å². The van der Waals surface area contributed by atoms with E-state index < -0.39 is 0 Å². The number of hydrogen-bond acceptors (Lipinski definition) is 3. The molecular formula is C13H15NO2Se. The van der Waals surface area contributed by atoms with Crippen LogP contribution < -0.4 is 0 Å². The molecule has 0 aliphatic carbocycles. The van der Waals surface area contributed by atoms with Crippen LogP contribution in [0.15, 0.2) is 24.3 Å². The molecule has 0 bridgehead atoms. The molecule has 1 heterocycles. The molecule has 1 saturated heterocycles. The van der Waals surface area contributed by atoms with Crippen molar-refractivity contribution < 1.29 is 9.53 Å². The molecule has 3 nitrogen and oxygen atoms in total. The summed E-state index contributed by atoms with van der Waals surface area (Å²) in [5.74, 6) is 0.0619. The monoisotopic (exact) mass is 297 g/mol. The molecule has 0 unspecified atom stereocenters. The van der Waals surface area contributed by atoms with Crippen molar-refractivity contribution in [1.82, 2.24) is 4.90 Å². The topological polar surface area (TPSA) is 29.5 Å². The van der Waals surface area contributed by atoms with Gasteiger partial charge in [0.25, 0.3) is 0 Å². The van der Waals surface area contributed by atoms with E-state index in [0.717, 1.165) is 24.2 Å². The van der Waals surface area contributed by atoms with E-state index in [0.29, 0.717) is 17.8 Å². The number of morpholine rings is 1. The number of hydrogen-bond donors (Lipinski definition) is 0. The van der Waals surface area contributed by atoms with Gasteiger partial charge in [0.15, 0.2) is 0 Å². The van der Waals surface area contributed by atoms with Crippen LogP contribution in [0.4, 0.5) is 0 Å². The predicted octanol–water partition coefficient (Wildman–Crippen LogP) is 0.808. The Morgan fingerprint density at radius 1 is 1.24 bits per heavy atom. The molecule has 0 aromatic heterocycles. The minimum atomic E-state index is 0.0619. The Hall–Kier alpha value is -0.961. The molecule has 1 aliphatic heterocycles. The van der Waals surface area contributed by atoms with E-state index >= 15 is 0 Å². The van der Waals surface area contributed by atoms with E-state index in [2.05, 4.69) is 15.6 Å². The summed E-state index contributed by atoms with van der Waals surface area (Å²) in [6, 6.07) is 7.66. The quantitative estimate of drug-likeness (QED) is 0.611. The van der Waals surface area contributed by atoms with Crippen LogP contribution in [-0.2, 0) is 4.74 Å². The van der Waals surface area contributed by atoms with Gasteiger partial charge in [-0.3, -0.25) is 0 Å². The van der Waals surface area contributed by atoms with Crippen molar-refractivity contribution >= 4 is 25.9 Å². The molecule has 1 fully saturated rings. The van der Waals surface area contributed by atoms with Crippen molar-refractivity contribution in [1.29, 1.82) is 0 Å². The van der Waals surface area contributed by atoms with E-state index in [4.69, 9.17) is 4.74 Å². The van der Waals surface area contributed by atoms with Crippen LogP contribution in [0, 0.1) is 6.92 Å². The van der Waals surface area contributed by atoms with Gasteiger partial charge in [-0.15, -0.1) is 0 Å². The first-order valence-electron chi connectivity index (χ1n) is 5.66. The van der Waals surface area contributed by atoms with Crippen molar-refractivity contribution in [3.05, 3.63) is 35.4 Å². The molecule has 2 rings (SSSR count). The van der Waals surface area contributed by atoms with Gasteiger partial charge in [-0.1, -0.05) is 0 Å². The summed E-state index contributed by atoms with van der Waals surface area (Å²) in [7, 11) is 0. The standard InChI is InChI=1S/C13H15NO2Se/c1-10-2-4-11(5-3-10)12(15)13(17)14-6-8-16-9-7-14/h2-5H,6-9H2,1H3. The van der Waals surface area contributed by atoms with Crippen LogP contribution in [0.5, 0.6) is 0 Å². The Balaban J connectivity index is 2.08. The number of benzene rings is 1. The second kappa shape index (κ2) is 5.58. The number of rotatable bonds is 3. The molecule has 0 spiro atoms. The number of Topliss-reactive ketones (excluding diaryl/α,β-unsaturated/α-hetero) is 1. The number of nitrogens with zero attached hydrogens (tertiary/aromatic N) is 1. The van der Waals surface area contributed by atoms with Crippen LogP contribution in [0.2, 0.25) is 0 Å². The van der Waals surface area contributed by atoms with Crippen LogP contribution >= 0.6 is 0 Å². The first-order chi connectivity index (χ1) is 8.18. The summed E-state index contributed by atoms with van der Waals surface area (Å²) in [4.78, 5) is 14.3. The molecule has 0 amide bonds. The van der Waals surface area contributed by atoms with E-state index in [1.807, 2.05) is 36.1 Å². The van der Waals surface area contributed by atoms with E-state index in [-0.39, 0.29) is 5.78 Å². The van der Waals surface area contributed by atoms with Gasteiger partial charge in [0.2, 0.25) is 0 Å². The Kier molecular flexibility index (Phi) is 4.10. The van der Waals surface area contributed by atoms with Crippen LogP contribution in [0.1, 0.15) is 15.9 Å².